The molecule has 1 heterocycles. The van der Waals surface area contributed by atoms with Gasteiger partial charge in [-0.05, 0) is 62.2 Å². The number of carbonyl (C=O) groups is 2. The molecule has 236 valence electrons. The number of benzene rings is 2. The molecule has 44 heavy (non-hydrogen) atoms. The Hall–Kier alpha value is -4.14. The molecule has 1 atom stereocenters. The number of carbonyl (C=O) groups excluding carboxylic acids is 1. The number of ether oxygens (including phenoxy) is 2. The summed E-state index contributed by atoms with van der Waals surface area (Å²) >= 11 is 0. The molecule has 0 saturated carbocycles. The van der Waals surface area contributed by atoms with Crippen LogP contribution in [0.3, 0.4) is 0 Å². The molecule has 13 heteroatoms. The second-order valence-corrected chi connectivity index (χ2v) is 12.5. The lowest BCUT2D eigenvalue weighted by Crippen LogP contribution is -2.55. The smallest absolute Gasteiger partial charge is 0.322 e. The van der Waals surface area contributed by atoms with Gasteiger partial charge in [0.25, 0.3) is 16.1 Å². The van der Waals surface area contributed by atoms with Crippen molar-refractivity contribution in [2.75, 3.05) is 51.3 Å². The van der Waals surface area contributed by atoms with Crippen LogP contribution in [0.15, 0.2) is 42.5 Å². The van der Waals surface area contributed by atoms with E-state index in [1.54, 1.807) is 32.0 Å². The SMILES string of the molecule is CC(C)OCCOc1ccc(C#Cc2ccc(N3CCN(S(=O)(=O)N[C@@H](C(=O)O)C(C)C)CC3)cc2)cc1C(=O)N(C)C#N. The number of aliphatic carboxylic acids is 1. The van der Waals surface area contributed by atoms with E-state index in [-0.39, 0.29) is 31.4 Å². The van der Waals surface area contributed by atoms with Crippen molar-refractivity contribution in [1.82, 2.24) is 13.9 Å². The van der Waals surface area contributed by atoms with Gasteiger partial charge in [-0.25, -0.2) is 4.90 Å². The number of nitrogens with one attached hydrogen (secondary N) is 1. The van der Waals surface area contributed by atoms with Gasteiger partial charge in [-0.15, -0.1) is 0 Å². The third-order valence-corrected chi connectivity index (χ3v) is 8.42. The van der Waals surface area contributed by atoms with E-state index in [2.05, 4.69) is 21.5 Å². The van der Waals surface area contributed by atoms with Gasteiger partial charge in [0.1, 0.15) is 18.4 Å². The summed E-state index contributed by atoms with van der Waals surface area (Å²) in [5.41, 5.74) is 2.44. The van der Waals surface area contributed by atoms with E-state index in [9.17, 15) is 28.4 Å². The third kappa shape index (κ3) is 9.43. The lowest BCUT2D eigenvalue weighted by molar-refractivity contribution is -0.140. The number of carboxylic acids is 1. The highest BCUT2D eigenvalue weighted by Crippen LogP contribution is 2.22. The molecule has 1 fully saturated rings. The van der Waals surface area contributed by atoms with E-state index in [1.165, 1.54) is 11.4 Å². The molecule has 2 aromatic rings. The van der Waals surface area contributed by atoms with Gasteiger partial charge in [0, 0.05) is 50.0 Å². The topological polar surface area (TPSA) is 153 Å². The Labute approximate surface area is 259 Å². The number of rotatable bonds is 12. The van der Waals surface area contributed by atoms with Crippen LogP contribution in [-0.4, -0.2) is 93.2 Å². The molecule has 1 saturated heterocycles. The Morgan fingerprint density at radius 3 is 2.18 bits per heavy atom. The predicted octanol–water partition coefficient (Wildman–Crippen LogP) is 2.51. The summed E-state index contributed by atoms with van der Waals surface area (Å²) in [5.74, 6) is 4.37. The zero-order chi connectivity index (χ0) is 32.4. The molecular formula is C31H39N5O7S. The maximum Gasteiger partial charge on any atom is 0.322 e. The summed E-state index contributed by atoms with van der Waals surface area (Å²) in [4.78, 5) is 27.2. The monoisotopic (exact) mass is 625 g/mol. The van der Waals surface area contributed by atoms with Crippen LogP contribution in [0.2, 0.25) is 0 Å². The van der Waals surface area contributed by atoms with Crippen LogP contribution in [0.4, 0.5) is 5.69 Å². The summed E-state index contributed by atoms with van der Waals surface area (Å²) in [6.07, 6.45) is 1.87. The van der Waals surface area contributed by atoms with E-state index in [0.717, 1.165) is 16.2 Å². The second-order valence-electron chi connectivity index (χ2n) is 10.8. The van der Waals surface area contributed by atoms with Gasteiger partial charge in [0.05, 0.1) is 18.3 Å². The van der Waals surface area contributed by atoms with Gasteiger partial charge < -0.3 is 19.5 Å². The van der Waals surface area contributed by atoms with Crippen LogP contribution in [0, 0.1) is 29.2 Å². The van der Waals surface area contributed by atoms with Crippen molar-refractivity contribution < 1.29 is 32.6 Å². The van der Waals surface area contributed by atoms with Crippen LogP contribution >= 0.6 is 0 Å². The van der Waals surface area contributed by atoms with Gasteiger partial charge >= 0.3 is 5.97 Å². The number of anilines is 1. The minimum absolute atomic E-state index is 0.0532. The van der Waals surface area contributed by atoms with Gasteiger partial charge in [0.15, 0.2) is 6.19 Å². The molecule has 2 N–H and O–H groups in total. The number of amides is 1. The summed E-state index contributed by atoms with van der Waals surface area (Å²) in [7, 11) is -2.56. The maximum absolute atomic E-state index is 12.8. The highest BCUT2D eigenvalue weighted by Gasteiger charge is 2.33. The largest absolute Gasteiger partial charge is 0.490 e. The fourth-order valence-electron chi connectivity index (χ4n) is 4.36. The van der Waals surface area contributed by atoms with E-state index in [1.807, 2.05) is 44.3 Å². The minimum atomic E-state index is -3.94. The second kappa shape index (κ2) is 15.5. The third-order valence-electron chi connectivity index (χ3n) is 6.83. The number of piperazine rings is 1. The first kappa shape index (κ1) is 34.4. The van der Waals surface area contributed by atoms with Gasteiger partial charge in [0.2, 0.25) is 0 Å². The maximum atomic E-state index is 12.8. The highest BCUT2D eigenvalue weighted by atomic mass is 32.2. The molecule has 0 bridgehead atoms. The van der Waals surface area contributed by atoms with Gasteiger partial charge in [-0.1, -0.05) is 25.7 Å². The molecule has 1 aliphatic rings. The van der Waals surface area contributed by atoms with Crippen LogP contribution in [-0.2, 0) is 19.7 Å². The Morgan fingerprint density at radius 1 is 1.00 bits per heavy atom. The van der Waals surface area contributed by atoms with E-state index < -0.39 is 34.0 Å². The number of nitrogens with zero attached hydrogens (tertiary/aromatic N) is 4. The number of hydrogen-bond acceptors (Lipinski definition) is 8. The zero-order valence-corrected chi connectivity index (χ0v) is 26.4. The van der Waals surface area contributed by atoms with Crippen molar-refractivity contribution in [3.63, 3.8) is 0 Å². The first-order valence-electron chi connectivity index (χ1n) is 14.3. The van der Waals surface area contributed by atoms with Crippen molar-refractivity contribution in [1.29, 1.82) is 5.26 Å². The first-order valence-corrected chi connectivity index (χ1v) is 15.7. The Kier molecular flexibility index (Phi) is 12.1. The Morgan fingerprint density at radius 2 is 1.61 bits per heavy atom. The Bertz CT molecular complexity index is 1520. The van der Waals surface area contributed by atoms with Crippen molar-refractivity contribution in [3.8, 4) is 23.8 Å². The number of hydrogen-bond donors (Lipinski definition) is 2. The zero-order valence-electron chi connectivity index (χ0n) is 25.6. The molecule has 0 aromatic heterocycles. The van der Waals surface area contributed by atoms with E-state index in [4.69, 9.17) is 9.47 Å². The van der Waals surface area contributed by atoms with Crippen LogP contribution in [0.5, 0.6) is 5.75 Å². The summed E-state index contributed by atoms with van der Waals surface area (Å²) in [6, 6.07) is 11.3. The minimum Gasteiger partial charge on any atom is -0.490 e. The first-order chi connectivity index (χ1) is 20.8. The van der Waals surface area contributed by atoms with Crippen molar-refractivity contribution in [2.45, 2.75) is 39.8 Å². The lowest BCUT2D eigenvalue weighted by atomic mass is 10.1. The summed E-state index contributed by atoms with van der Waals surface area (Å²) < 4.78 is 40.3. The molecule has 0 unspecified atom stereocenters. The molecule has 3 rings (SSSR count). The molecule has 1 amide bonds. The van der Waals surface area contributed by atoms with Crippen LogP contribution in [0.1, 0.15) is 49.2 Å². The average molecular weight is 626 g/mol. The van der Waals surface area contributed by atoms with Crippen molar-refractivity contribution in [2.24, 2.45) is 5.92 Å². The quantitative estimate of drug-likeness (QED) is 0.157. The molecule has 12 nitrogen and oxygen atoms in total. The highest BCUT2D eigenvalue weighted by molar-refractivity contribution is 7.87. The normalized spacial score (nSPS) is 14.5. The number of nitriles is 1. The fourth-order valence-corrected chi connectivity index (χ4v) is 5.84. The van der Waals surface area contributed by atoms with Crippen molar-refractivity contribution in [3.05, 3.63) is 59.2 Å². The molecule has 0 radical (unpaired) electrons. The van der Waals surface area contributed by atoms with E-state index >= 15 is 0 Å². The lowest BCUT2D eigenvalue weighted by Gasteiger charge is -2.36. The van der Waals surface area contributed by atoms with Crippen LogP contribution < -0.4 is 14.4 Å². The van der Waals surface area contributed by atoms with E-state index in [0.29, 0.717) is 31.0 Å². The number of carboxylic acid groups (broad SMARTS) is 1. The van der Waals surface area contributed by atoms with Gasteiger partial charge in [-0.2, -0.15) is 22.7 Å². The Balaban J connectivity index is 1.66. The summed E-state index contributed by atoms with van der Waals surface area (Å²) in [5, 5.41) is 18.5. The summed E-state index contributed by atoms with van der Waals surface area (Å²) in [6.45, 7) is 9.06. The predicted molar refractivity (Wildman–Crippen MR) is 165 cm³/mol. The fraction of sp³-hybridized carbons (Fsp3) is 0.452. The molecular weight excluding hydrogens is 586 g/mol. The van der Waals surface area contributed by atoms with Crippen LogP contribution in [0.25, 0.3) is 0 Å². The van der Waals surface area contributed by atoms with Gasteiger partial charge in [-0.3, -0.25) is 9.59 Å². The van der Waals surface area contributed by atoms with Crippen molar-refractivity contribution >= 4 is 27.8 Å². The average Bonchev–Trinajstić information content (AvgIpc) is 3.00. The molecule has 0 spiro atoms. The molecule has 1 aliphatic heterocycles. The standard InChI is InChI=1S/C31H39N5O7S/c1-22(2)29(31(38)39)33-44(40,41)36-16-14-35(15-17-36)26-11-8-24(9-12-26)6-7-25-10-13-28(43-19-18-42-23(3)4)27(20-25)30(37)34(5)21-32/h8-13,20,22-23,29,33H,14-19H2,1-5H3,(H,38,39)/t29-/m1/s1. The molecule has 0 aliphatic carbocycles. The molecule has 2 aromatic carbocycles.